The van der Waals surface area contributed by atoms with Crippen LogP contribution in [0.4, 0.5) is 0 Å². The van der Waals surface area contributed by atoms with E-state index in [1.807, 2.05) is 12.2 Å². The lowest BCUT2D eigenvalue weighted by atomic mass is 10.3. The van der Waals surface area contributed by atoms with Gasteiger partial charge in [0.1, 0.15) is 0 Å². The van der Waals surface area contributed by atoms with Crippen molar-refractivity contribution in [3.05, 3.63) is 12.2 Å². The van der Waals surface area contributed by atoms with Gasteiger partial charge in [-0.3, -0.25) is 4.79 Å². The van der Waals surface area contributed by atoms with Crippen LogP contribution in [0.15, 0.2) is 12.2 Å². The van der Waals surface area contributed by atoms with Crippen LogP contribution in [0.2, 0.25) is 0 Å². The number of carboxylic acid groups (broad SMARTS) is 1. The summed E-state index contributed by atoms with van der Waals surface area (Å²) in [6, 6.07) is 0. The average Bonchev–Trinajstić information content (AvgIpc) is 2.62. The Morgan fingerprint density at radius 2 is 2.50 bits per heavy atom. The molecule has 1 rings (SSSR count). The number of allylic oxidation sites excluding steroid dienone is 2. The summed E-state index contributed by atoms with van der Waals surface area (Å²) in [5.74, 6) is -0.397. The van der Waals surface area contributed by atoms with Crippen LogP contribution in [0, 0.1) is 11.8 Å². The van der Waals surface area contributed by atoms with Crippen LogP contribution >= 0.6 is 0 Å². The van der Waals surface area contributed by atoms with Crippen molar-refractivity contribution in [1.82, 2.24) is 0 Å². The maximum absolute atomic E-state index is 10.3. The predicted molar refractivity (Wildman–Crippen MR) is 38.7 cm³/mol. The van der Waals surface area contributed by atoms with Crippen molar-refractivity contribution in [2.75, 3.05) is 0 Å². The fraction of sp³-hybridized carbons (Fsp3) is 0.625. The van der Waals surface area contributed by atoms with E-state index in [2.05, 4.69) is 6.92 Å². The van der Waals surface area contributed by atoms with E-state index in [9.17, 15) is 4.79 Å². The number of hydrogen-bond donors (Lipinski definition) is 1. The normalized spacial score (nSPS) is 30.9. The van der Waals surface area contributed by atoms with Gasteiger partial charge in [0.2, 0.25) is 0 Å². The fourth-order valence-corrected chi connectivity index (χ4v) is 1.02. The van der Waals surface area contributed by atoms with Gasteiger partial charge >= 0.3 is 5.97 Å². The van der Waals surface area contributed by atoms with Gasteiger partial charge in [0.15, 0.2) is 0 Å². The molecule has 2 atom stereocenters. The monoisotopic (exact) mass is 140 g/mol. The van der Waals surface area contributed by atoms with Gasteiger partial charge in [-0.05, 0) is 18.8 Å². The number of rotatable bonds is 3. The van der Waals surface area contributed by atoms with Gasteiger partial charge in [-0.15, -0.1) is 0 Å². The van der Waals surface area contributed by atoms with E-state index in [-0.39, 0.29) is 5.92 Å². The van der Waals surface area contributed by atoms with Gasteiger partial charge in [0.25, 0.3) is 0 Å². The number of aliphatic carboxylic acids is 1. The second-order valence-corrected chi connectivity index (χ2v) is 2.68. The summed E-state index contributed by atoms with van der Waals surface area (Å²) in [6.45, 7) is 2.05. The maximum atomic E-state index is 10.3. The Labute approximate surface area is 60.6 Å². The average molecular weight is 140 g/mol. The lowest BCUT2D eigenvalue weighted by molar-refractivity contribution is -0.138. The molecule has 0 bridgehead atoms. The molecule has 1 N–H and O–H groups in total. The van der Waals surface area contributed by atoms with Crippen LogP contribution in [-0.4, -0.2) is 11.1 Å². The Morgan fingerprint density at radius 1 is 1.80 bits per heavy atom. The summed E-state index contributed by atoms with van der Waals surface area (Å²) < 4.78 is 0. The van der Waals surface area contributed by atoms with Gasteiger partial charge in [-0.2, -0.15) is 0 Å². The molecule has 0 unspecified atom stereocenters. The summed E-state index contributed by atoms with van der Waals surface area (Å²) >= 11 is 0. The van der Waals surface area contributed by atoms with Crippen molar-refractivity contribution < 1.29 is 9.90 Å². The summed E-state index contributed by atoms with van der Waals surface area (Å²) in [6.07, 6.45) is 5.89. The zero-order valence-corrected chi connectivity index (χ0v) is 6.08. The molecule has 1 fully saturated rings. The molecule has 0 aromatic carbocycles. The predicted octanol–water partition coefficient (Wildman–Crippen LogP) is 1.67. The Kier molecular flexibility index (Phi) is 2.10. The van der Waals surface area contributed by atoms with Crippen LogP contribution in [0.1, 0.15) is 19.8 Å². The van der Waals surface area contributed by atoms with Gasteiger partial charge in [-0.25, -0.2) is 0 Å². The second kappa shape index (κ2) is 2.86. The van der Waals surface area contributed by atoms with E-state index in [1.54, 1.807) is 0 Å². The topological polar surface area (TPSA) is 37.3 Å². The first kappa shape index (κ1) is 7.32. The Morgan fingerprint density at radius 3 is 2.90 bits per heavy atom. The van der Waals surface area contributed by atoms with Crippen LogP contribution < -0.4 is 0 Å². The van der Waals surface area contributed by atoms with Crippen LogP contribution in [-0.2, 0) is 4.79 Å². The van der Waals surface area contributed by atoms with E-state index < -0.39 is 5.97 Å². The van der Waals surface area contributed by atoms with E-state index >= 15 is 0 Å². The molecule has 2 heteroatoms. The van der Waals surface area contributed by atoms with Gasteiger partial charge in [-0.1, -0.05) is 19.1 Å². The van der Waals surface area contributed by atoms with E-state index in [0.717, 1.165) is 12.8 Å². The third kappa shape index (κ3) is 1.59. The van der Waals surface area contributed by atoms with Gasteiger partial charge in [0, 0.05) is 0 Å². The minimum atomic E-state index is -0.647. The first-order valence-corrected chi connectivity index (χ1v) is 3.65. The van der Waals surface area contributed by atoms with Crippen molar-refractivity contribution in [1.29, 1.82) is 0 Å². The lowest BCUT2D eigenvalue weighted by Crippen LogP contribution is -1.97. The Hall–Kier alpha value is -0.790. The standard InChI is InChI=1S/C8H12O2/c1-2-3-4-6-5-7(6)8(9)10/h3-4,6-7H,2,5H2,1H3,(H,9,10)/b4-3+/t6-,7-/m0/s1. The van der Waals surface area contributed by atoms with Crippen molar-refractivity contribution in [3.8, 4) is 0 Å². The molecule has 0 heterocycles. The zero-order chi connectivity index (χ0) is 7.56. The SMILES string of the molecule is CC/C=C/[C@H]1C[C@@H]1C(=O)O. The molecule has 0 aliphatic heterocycles. The van der Waals surface area contributed by atoms with Crippen LogP contribution in [0.5, 0.6) is 0 Å². The Bertz CT molecular complexity index is 161. The zero-order valence-electron chi connectivity index (χ0n) is 6.08. The molecule has 0 saturated heterocycles. The van der Waals surface area contributed by atoms with E-state index in [1.165, 1.54) is 0 Å². The highest BCUT2D eigenvalue weighted by Gasteiger charge is 2.40. The molecular formula is C8H12O2. The van der Waals surface area contributed by atoms with E-state index in [4.69, 9.17) is 5.11 Å². The third-order valence-corrected chi connectivity index (χ3v) is 1.78. The van der Waals surface area contributed by atoms with E-state index in [0.29, 0.717) is 5.92 Å². The molecule has 1 aliphatic rings. The second-order valence-electron chi connectivity index (χ2n) is 2.68. The molecule has 0 amide bonds. The third-order valence-electron chi connectivity index (χ3n) is 1.78. The molecule has 1 aliphatic carbocycles. The molecule has 10 heavy (non-hydrogen) atoms. The first-order valence-electron chi connectivity index (χ1n) is 3.65. The van der Waals surface area contributed by atoms with Gasteiger partial charge in [0.05, 0.1) is 5.92 Å². The fourth-order valence-electron chi connectivity index (χ4n) is 1.02. The summed E-state index contributed by atoms with van der Waals surface area (Å²) in [7, 11) is 0. The highest BCUT2D eigenvalue weighted by Crippen LogP contribution is 2.39. The molecule has 0 aromatic rings. The van der Waals surface area contributed by atoms with Crippen LogP contribution in [0.3, 0.4) is 0 Å². The summed E-state index contributed by atoms with van der Waals surface area (Å²) in [5.41, 5.74) is 0. The largest absolute Gasteiger partial charge is 0.481 e. The first-order chi connectivity index (χ1) is 4.75. The quantitative estimate of drug-likeness (QED) is 0.605. The number of carboxylic acids is 1. The number of hydrogen-bond acceptors (Lipinski definition) is 1. The molecule has 2 nitrogen and oxygen atoms in total. The number of carbonyl (C=O) groups is 1. The molecule has 1 saturated carbocycles. The Balaban J connectivity index is 2.25. The lowest BCUT2D eigenvalue weighted by Gasteiger charge is -1.84. The molecule has 0 spiro atoms. The molecule has 56 valence electrons. The molecular weight excluding hydrogens is 128 g/mol. The molecule has 0 radical (unpaired) electrons. The van der Waals surface area contributed by atoms with Crippen molar-refractivity contribution in [3.63, 3.8) is 0 Å². The minimum Gasteiger partial charge on any atom is -0.481 e. The minimum absolute atomic E-state index is 0.0807. The van der Waals surface area contributed by atoms with Gasteiger partial charge < -0.3 is 5.11 Å². The molecule has 0 aromatic heterocycles. The van der Waals surface area contributed by atoms with Crippen LogP contribution in [0.25, 0.3) is 0 Å². The smallest absolute Gasteiger partial charge is 0.307 e. The van der Waals surface area contributed by atoms with Crippen molar-refractivity contribution in [2.45, 2.75) is 19.8 Å². The highest BCUT2D eigenvalue weighted by molar-refractivity contribution is 5.73. The highest BCUT2D eigenvalue weighted by atomic mass is 16.4. The van der Waals surface area contributed by atoms with Crippen molar-refractivity contribution >= 4 is 5.97 Å². The summed E-state index contributed by atoms with van der Waals surface area (Å²) in [5, 5.41) is 8.49. The maximum Gasteiger partial charge on any atom is 0.307 e. The summed E-state index contributed by atoms with van der Waals surface area (Å²) in [4.78, 5) is 10.3. The van der Waals surface area contributed by atoms with Crippen molar-refractivity contribution in [2.24, 2.45) is 11.8 Å².